The maximum absolute atomic E-state index is 5.94. The minimum absolute atomic E-state index is 0.444. The molecule has 160 valence electrons. The molecule has 1 N–H and O–H groups in total. The van der Waals surface area contributed by atoms with Crippen molar-refractivity contribution in [2.45, 2.75) is 51.6 Å². The Hall–Kier alpha value is -3.00. The summed E-state index contributed by atoms with van der Waals surface area (Å²) in [7, 11) is 5.94. The molecule has 0 spiro atoms. The molecular formula is C24H26BN7. The number of hydrogen-bond acceptors (Lipinski definition) is 6. The highest BCUT2D eigenvalue weighted by Gasteiger charge is 2.24. The Morgan fingerprint density at radius 2 is 1.91 bits per heavy atom. The summed E-state index contributed by atoms with van der Waals surface area (Å²) in [5, 5.41) is 5.57. The molecule has 1 saturated carbocycles. The van der Waals surface area contributed by atoms with Crippen molar-refractivity contribution in [1.82, 2.24) is 29.3 Å². The highest BCUT2D eigenvalue weighted by atomic mass is 15.2. The monoisotopic (exact) mass is 423 g/mol. The number of hydrogen-bond donors (Lipinski definition) is 1. The van der Waals surface area contributed by atoms with Gasteiger partial charge >= 0.3 is 0 Å². The van der Waals surface area contributed by atoms with Gasteiger partial charge < -0.3 is 14.7 Å². The van der Waals surface area contributed by atoms with Crippen molar-refractivity contribution in [3.05, 3.63) is 48.0 Å². The number of nitrogens with zero attached hydrogens (tertiary/aromatic N) is 6. The first-order chi connectivity index (χ1) is 15.7. The van der Waals surface area contributed by atoms with Gasteiger partial charge in [0.1, 0.15) is 11.5 Å². The van der Waals surface area contributed by atoms with E-state index in [1.165, 1.54) is 36.6 Å². The van der Waals surface area contributed by atoms with E-state index in [0.717, 1.165) is 53.5 Å². The van der Waals surface area contributed by atoms with Gasteiger partial charge in [-0.3, -0.25) is 4.98 Å². The zero-order valence-electron chi connectivity index (χ0n) is 18.3. The standard InChI is InChI=1S/C24H26BN7/c1-15-2-5-17(6-3-15)32-21-13-26-10-8-18(21)19-12-27-24(30-23(19)32)29-22-7-4-16-14-31(25)11-9-20(16)28-22/h4,7-8,10,12-13,15,17H,2-3,5-6,9,11,14H2,1H3,(H,27,28,29,30). The number of fused-ring (bicyclic) bond motifs is 4. The van der Waals surface area contributed by atoms with Crippen LogP contribution in [-0.4, -0.2) is 43.8 Å². The van der Waals surface area contributed by atoms with Crippen LogP contribution in [0.4, 0.5) is 11.8 Å². The fourth-order valence-corrected chi connectivity index (χ4v) is 5.22. The van der Waals surface area contributed by atoms with Crippen LogP contribution in [0.15, 0.2) is 36.8 Å². The Morgan fingerprint density at radius 1 is 1.03 bits per heavy atom. The maximum atomic E-state index is 5.94. The average molecular weight is 423 g/mol. The van der Waals surface area contributed by atoms with Crippen molar-refractivity contribution in [2.75, 3.05) is 11.9 Å². The lowest BCUT2D eigenvalue weighted by Gasteiger charge is -2.28. The summed E-state index contributed by atoms with van der Waals surface area (Å²) >= 11 is 0. The van der Waals surface area contributed by atoms with Gasteiger partial charge in [-0.05, 0) is 55.8 Å². The van der Waals surface area contributed by atoms with Crippen LogP contribution in [0.2, 0.25) is 0 Å². The molecular weight excluding hydrogens is 397 g/mol. The lowest BCUT2D eigenvalue weighted by molar-refractivity contribution is 0.298. The van der Waals surface area contributed by atoms with Gasteiger partial charge in [-0.25, -0.2) is 9.97 Å². The molecule has 0 atom stereocenters. The van der Waals surface area contributed by atoms with Crippen LogP contribution >= 0.6 is 0 Å². The number of anilines is 2. The van der Waals surface area contributed by atoms with Crippen LogP contribution in [0, 0.1) is 5.92 Å². The fraction of sp³-hybridized carbons (Fsp3) is 0.417. The van der Waals surface area contributed by atoms with Gasteiger partial charge in [0.2, 0.25) is 5.95 Å². The zero-order chi connectivity index (χ0) is 21.7. The smallest absolute Gasteiger partial charge is 0.230 e. The number of nitrogens with one attached hydrogen (secondary N) is 1. The van der Waals surface area contributed by atoms with E-state index in [-0.39, 0.29) is 0 Å². The van der Waals surface area contributed by atoms with E-state index >= 15 is 0 Å². The minimum Gasteiger partial charge on any atom is -0.349 e. The van der Waals surface area contributed by atoms with Gasteiger partial charge in [-0.1, -0.05) is 13.0 Å². The molecule has 32 heavy (non-hydrogen) atoms. The van der Waals surface area contributed by atoms with Crippen molar-refractivity contribution < 1.29 is 0 Å². The molecule has 0 bridgehead atoms. The van der Waals surface area contributed by atoms with Crippen molar-refractivity contribution in [1.29, 1.82) is 0 Å². The summed E-state index contributed by atoms with van der Waals surface area (Å²) in [5.41, 5.74) is 4.39. The highest BCUT2D eigenvalue weighted by molar-refractivity contribution is 6.06. The first kappa shape index (κ1) is 19.7. The van der Waals surface area contributed by atoms with E-state index < -0.39 is 0 Å². The van der Waals surface area contributed by atoms with Gasteiger partial charge in [0.15, 0.2) is 7.98 Å². The predicted octanol–water partition coefficient (Wildman–Crippen LogP) is 4.31. The first-order valence-electron chi connectivity index (χ1n) is 11.5. The zero-order valence-corrected chi connectivity index (χ0v) is 18.3. The van der Waals surface area contributed by atoms with E-state index in [1.807, 2.05) is 29.5 Å². The lowest BCUT2D eigenvalue weighted by Crippen LogP contribution is -2.28. The van der Waals surface area contributed by atoms with Crippen LogP contribution in [0.25, 0.3) is 21.9 Å². The molecule has 0 amide bonds. The lowest BCUT2D eigenvalue weighted by atomic mass is 9.87. The Bertz CT molecular complexity index is 1290. The molecule has 4 aromatic rings. The van der Waals surface area contributed by atoms with E-state index in [0.29, 0.717) is 12.0 Å². The molecule has 6 rings (SSSR count). The van der Waals surface area contributed by atoms with Gasteiger partial charge in [-0.15, -0.1) is 0 Å². The normalized spacial score (nSPS) is 21.7. The molecule has 1 aliphatic heterocycles. The topological polar surface area (TPSA) is 71.8 Å². The minimum atomic E-state index is 0.444. The van der Waals surface area contributed by atoms with Crippen molar-refractivity contribution in [2.24, 2.45) is 5.92 Å². The predicted molar refractivity (Wildman–Crippen MR) is 127 cm³/mol. The van der Waals surface area contributed by atoms with Crippen LogP contribution < -0.4 is 5.32 Å². The second-order valence-electron chi connectivity index (χ2n) is 9.26. The third-order valence-electron chi connectivity index (χ3n) is 7.01. The summed E-state index contributed by atoms with van der Waals surface area (Å²) in [5.74, 6) is 2.14. The molecule has 4 aromatic heterocycles. The molecule has 1 fully saturated rings. The second kappa shape index (κ2) is 7.85. The molecule has 8 heteroatoms. The quantitative estimate of drug-likeness (QED) is 0.495. The van der Waals surface area contributed by atoms with E-state index in [1.54, 1.807) is 0 Å². The summed E-state index contributed by atoms with van der Waals surface area (Å²) in [6.07, 6.45) is 11.4. The van der Waals surface area contributed by atoms with E-state index in [2.05, 4.69) is 38.9 Å². The van der Waals surface area contributed by atoms with Crippen LogP contribution in [0.3, 0.4) is 0 Å². The first-order valence-corrected chi connectivity index (χ1v) is 11.5. The molecule has 0 saturated heterocycles. The van der Waals surface area contributed by atoms with E-state index in [4.69, 9.17) is 17.9 Å². The number of rotatable bonds is 3. The van der Waals surface area contributed by atoms with Crippen LogP contribution in [-0.2, 0) is 13.0 Å². The molecule has 7 nitrogen and oxygen atoms in total. The Balaban J connectivity index is 1.39. The SMILES string of the molecule is [B]N1CCc2nc(Nc3ncc4c5ccncc5n(C5CCC(C)CC5)c4n3)ccc2C1. The van der Waals surface area contributed by atoms with Gasteiger partial charge in [0.05, 0.1) is 11.7 Å². The second-order valence-corrected chi connectivity index (χ2v) is 9.26. The number of aromatic nitrogens is 5. The van der Waals surface area contributed by atoms with Crippen LogP contribution in [0.1, 0.15) is 49.9 Å². The highest BCUT2D eigenvalue weighted by Crippen LogP contribution is 2.38. The van der Waals surface area contributed by atoms with Gasteiger partial charge in [0, 0.05) is 47.9 Å². The van der Waals surface area contributed by atoms with Crippen molar-refractivity contribution in [3.8, 4) is 0 Å². The maximum Gasteiger partial charge on any atom is 0.230 e. The molecule has 0 aromatic carbocycles. The third kappa shape index (κ3) is 3.43. The Morgan fingerprint density at radius 3 is 2.78 bits per heavy atom. The Kier molecular flexibility index (Phi) is 4.83. The fourth-order valence-electron chi connectivity index (χ4n) is 5.22. The molecule has 2 radical (unpaired) electrons. The molecule has 0 unspecified atom stereocenters. The number of pyridine rings is 2. The van der Waals surface area contributed by atoms with Crippen LogP contribution in [0.5, 0.6) is 0 Å². The largest absolute Gasteiger partial charge is 0.349 e. The van der Waals surface area contributed by atoms with Gasteiger partial charge in [-0.2, -0.15) is 4.98 Å². The summed E-state index contributed by atoms with van der Waals surface area (Å²) < 4.78 is 2.40. The summed E-state index contributed by atoms with van der Waals surface area (Å²) in [6, 6.07) is 6.59. The summed E-state index contributed by atoms with van der Waals surface area (Å²) in [4.78, 5) is 20.6. The average Bonchev–Trinajstić information content (AvgIpc) is 3.13. The Labute approximate surface area is 188 Å². The molecule has 1 aliphatic carbocycles. The van der Waals surface area contributed by atoms with Gasteiger partial charge in [0.25, 0.3) is 0 Å². The third-order valence-corrected chi connectivity index (χ3v) is 7.01. The molecule has 2 aliphatic rings. The van der Waals surface area contributed by atoms with Crippen molar-refractivity contribution in [3.63, 3.8) is 0 Å². The summed E-state index contributed by atoms with van der Waals surface area (Å²) in [6.45, 7) is 3.91. The van der Waals surface area contributed by atoms with Crippen molar-refractivity contribution >= 4 is 41.7 Å². The van der Waals surface area contributed by atoms with E-state index in [9.17, 15) is 0 Å². The molecule has 5 heterocycles.